The molecule has 10 heteroatoms. The van der Waals surface area contributed by atoms with E-state index in [4.69, 9.17) is 0 Å². The Balaban J connectivity index is 2.16. The summed E-state index contributed by atoms with van der Waals surface area (Å²) in [5.74, 6) is 0. The Morgan fingerprint density at radius 2 is 1.91 bits per heavy atom. The average Bonchev–Trinajstić information content (AvgIpc) is 2.89. The predicted molar refractivity (Wildman–Crippen MR) is 80.4 cm³/mol. The van der Waals surface area contributed by atoms with Gasteiger partial charge in [0.15, 0.2) is 0 Å². The lowest BCUT2D eigenvalue weighted by atomic mass is 10.1. The van der Waals surface area contributed by atoms with Gasteiger partial charge in [-0.15, -0.1) is 0 Å². The van der Waals surface area contributed by atoms with Crippen molar-refractivity contribution in [3.8, 4) is 11.3 Å². The summed E-state index contributed by atoms with van der Waals surface area (Å²) in [5.41, 5.74) is 1.47. The van der Waals surface area contributed by atoms with E-state index in [1.807, 2.05) is 0 Å². The fraction of sp³-hybridized carbons (Fsp3) is 0.0833. The monoisotopic (exact) mass is 336 g/mol. The van der Waals surface area contributed by atoms with E-state index in [2.05, 4.69) is 14.3 Å². The van der Waals surface area contributed by atoms with Crippen LogP contribution in [0.1, 0.15) is 0 Å². The van der Waals surface area contributed by atoms with Crippen molar-refractivity contribution in [1.82, 2.24) is 14.3 Å². The molecule has 0 aliphatic carbocycles. The first-order valence-corrected chi connectivity index (χ1v) is 8.60. The van der Waals surface area contributed by atoms with E-state index in [0.717, 1.165) is 17.8 Å². The number of nitrogens with zero attached hydrogens (tertiary/aromatic N) is 4. The minimum absolute atomic E-state index is 0.0327. The maximum atomic E-state index is 11.5. The molecule has 0 aliphatic heterocycles. The minimum Gasteiger partial charge on any atom is -0.258 e. The van der Waals surface area contributed by atoms with Gasteiger partial charge in [0.2, 0.25) is 15.0 Å². The lowest BCUT2D eigenvalue weighted by Crippen LogP contribution is -2.03. The zero-order valence-corrected chi connectivity index (χ0v) is 12.8. The van der Waals surface area contributed by atoms with Crippen LogP contribution in [0.25, 0.3) is 21.5 Å². The predicted octanol–water partition coefficient (Wildman–Crippen LogP) is 2.06. The number of fused-ring (bicyclic) bond motifs is 1. The van der Waals surface area contributed by atoms with Gasteiger partial charge in [-0.3, -0.25) is 10.1 Å². The summed E-state index contributed by atoms with van der Waals surface area (Å²) in [7, 11) is -3.52. The molecule has 2 heterocycles. The Morgan fingerprint density at radius 3 is 2.50 bits per heavy atom. The first kappa shape index (κ1) is 14.5. The molecular weight excluding hydrogens is 328 g/mol. The van der Waals surface area contributed by atoms with Gasteiger partial charge in [0, 0.05) is 24.0 Å². The van der Waals surface area contributed by atoms with Crippen LogP contribution in [0.15, 0.2) is 35.6 Å². The number of nitro groups is 1. The van der Waals surface area contributed by atoms with Gasteiger partial charge in [0.1, 0.15) is 11.2 Å². The number of non-ortho nitro benzene ring substituents is 1. The Hall–Kier alpha value is -2.46. The van der Waals surface area contributed by atoms with Crippen LogP contribution in [0.2, 0.25) is 0 Å². The number of hydrogen-bond donors (Lipinski definition) is 0. The maximum Gasteiger partial charge on any atom is 0.269 e. The second kappa shape index (κ2) is 5.07. The van der Waals surface area contributed by atoms with Gasteiger partial charge in [-0.1, -0.05) is 0 Å². The van der Waals surface area contributed by atoms with Gasteiger partial charge < -0.3 is 0 Å². The second-order valence-corrected chi connectivity index (χ2v) is 7.19. The molecule has 3 aromatic rings. The molecule has 0 unspecified atom stereocenters. The molecule has 0 saturated carbocycles. The molecule has 1 aromatic carbocycles. The van der Waals surface area contributed by atoms with Crippen molar-refractivity contribution in [3.05, 3.63) is 40.6 Å². The molecular formula is C12H8N4O4S2. The van der Waals surface area contributed by atoms with Gasteiger partial charge >= 0.3 is 0 Å². The van der Waals surface area contributed by atoms with Gasteiger partial charge in [-0.25, -0.2) is 18.4 Å². The van der Waals surface area contributed by atoms with E-state index in [-0.39, 0.29) is 10.8 Å². The molecule has 0 saturated heterocycles. The zero-order chi connectivity index (χ0) is 15.9. The number of sulfone groups is 1. The van der Waals surface area contributed by atoms with Crippen molar-refractivity contribution in [2.45, 2.75) is 5.16 Å². The largest absolute Gasteiger partial charge is 0.269 e. The third-order valence-corrected chi connectivity index (χ3v) is 4.51. The maximum absolute atomic E-state index is 11.5. The summed E-state index contributed by atoms with van der Waals surface area (Å²) in [6.45, 7) is 0. The molecule has 112 valence electrons. The standard InChI is InChI=1S/C12H8N4O4S2/c1-22(19,20)12-13-6-9-11(14-12)10(15-21-9)7-2-4-8(5-3-7)16(17)18/h2-6H,1H3. The highest BCUT2D eigenvalue weighted by molar-refractivity contribution is 7.90. The first-order valence-electron chi connectivity index (χ1n) is 5.93. The quantitative estimate of drug-likeness (QED) is 0.408. The van der Waals surface area contributed by atoms with Crippen molar-refractivity contribution in [2.75, 3.05) is 6.26 Å². The zero-order valence-electron chi connectivity index (χ0n) is 11.1. The highest BCUT2D eigenvalue weighted by Gasteiger charge is 2.17. The Morgan fingerprint density at radius 1 is 1.23 bits per heavy atom. The highest BCUT2D eigenvalue weighted by atomic mass is 32.2. The van der Waals surface area contributed by atoms with Crippen LogP contribution in [0.5, 0.6) is 0 Å². The summed E-state index contributed by atoms with van der Waals surface area (Å²) in [4.78, 5) is 18.0. The Bertz CT molecular complexity index is 980. The molecule has 0 aliphatic rings. The van der Waals surface area contributed by atoms with Crippen LogP contribution in [-0.2, 0) is 9.84 Å². The summed E-state index contributed by atoms with van der Waals surface area (Å²) in [5, 5.41) is 10.4. The second-order valence-electron chi connectivity index (χ2n) is 4.47. The normalized spacial score (nSPS) is 11.7. The van der Waals surface area contributed by atoms with Crippen LogP contribution in [0, 0.1) is 10.1 Å². The minimum atomic E-state index is -3.52. The molecule has 0 radical (unpaired) electrons. The molecule has 3 rings (SSSR count). The van der Waals surface area contributed by atoms with E-state index >= 15 is 0 Å². The number of rotatable bonds is 3. The van der Waals surface area contributed by atoms with E-state index < -0.39 is 14.8 Å². The fourth-order valence-electron chi connectivity index (χ4n) is 1.84. The smallest absolute Gasteiger partial charge is 0.258 e. The molecule has 0 N–H and O–H groups in total. The van der Waals surface area contributed by atoms with Gasteiger partial charge in [0.05, 0.1) is 15.8 Å². The van der Waals surface area contributed by atoms with Crippen molar-refractivity contribution in [2.24, 2.45) is 0 Å². The van der Waals surface area contributed by atoms with Crippen molar-refractivity contribution < 1.29 is 13.3 Å². The lowest BCUT2D eigenvalue weighted by molar-refractivity contribution is -0.384. The molecule has 8 nitrogen and oxygen atoms in total. The van der Waals surface area contributed by atoms with Crippen molar-refractivity contribution in [1.29, 1.82) is 0 Å². The first-order chi connectivity index (χ1) is 10.4. The van der Waals surface area contributed by atoms with E-state index in [1.54, 1.807) is 12.1 Å². The molecule has 22 heavy (non-hydrogen) atoms. The lowest BCUT2D eigenvalue weighted by Gasteiger charge is -1.99. The SMILES string of the molecule is CS(=O)(=O)c1ncc2snc(-c3ccc([N+](=O)[O-])cc3)c2n1. The summed E-state index contributed by atoms with van der Waals surface area (Å²) < 4.78 is 28.0. The molecule has 0 amide bonds. The van der Waals surface area contributed by atoms with Gasteiger partial charge in [-0.2, -0.15) is 4.37 Å². The Kier molecular flexibility index (Phi) is 3.34. The van der Waals surface area contributed by atoms with Crippen molar-refractivity contribution in [3.63, 3.8) is 0 Å². The van der Waals surface area contributed by atoms with E-state index in [1.165, 1.54) is 18.3 Å². The molecule has 0 spiro atoms. The van der Waals surface area contributed by atoms with Crippen LogP contribution in [0.4, 0.5) is 5.69 Å². The van der Waals surface area contributed by atoms with Crippen LogP contribution in [0.3, 0.4) is 0 Å². The van der Waals surface area contributed by atoms with E-state index in [9.17, 15) is 18.5 Å². The topological polar surface area (TPSA) is 116 Å². The summed E-state index contributed by atoms with van der Waals surface area (Å²) in [6, 6.07) is 5.82. The molecule has 0 fully saturated rings. The summed E-state index contributed by atoms with van der Waals surface area (Å²) >= 11 is 1.13. The molecule has 2 aromatic heterocycles. The number of aromatic nitrogens is 3. The third kappa shape index (κ3) is 2.53. The summed E-state index contributed by atoms with van der Waals surface area (Å²) in [6.07, 6.45) is 2.44. The number of nitro benzene ring substituents is 1. The van der Waals surface area contributed by atoms with Crippen LogP contribution < -0.4 is 0 Å². The fourth-order valence-corrected chi connectivity index (χ4v) is 3.05. The molecule has 0 bridgehead atoms. The number of benzene rings is 1. The highest BCUT2D eigenvalue weighted by Crippen LogP contribution is 2.30. The third-order valence-electron chi connectivity index (χ3n) is 2.88. The Labute approximate surface area is 128 Å². The van der Waals surface area contributed by atoms with Gasteiger partial charge in [-0.05, 0) is 23.7 Å². The molecule has 0 atom stereocenters. The number of hydrogen-bond acceptors (Lipinski definition) is 8. The van der Waals surface area contributed by atoms with Gasteiger partial charge in [0.25, 0.3) is 5.69 Å². The average molecular weight is 336 g/mol. The van der Waals surface area contributed by atoms with Crippen LogP contribution >= 0.6 is 11.5 Å². The van der Waals surface area contributed by atoms with E-state index in [0.29, 0.717) is 21.5 Å². The van der Waals surface area contributed by atoms with Crippen molar-refractivity contribution >= 4 is 37.3 Å². The van der Waals surface area contributed by atoms with Crippen LogP contribution in [-0.4, -0.2) is 33.9 Å².